The first kappa shape index (κ1) is 25.4. The average Bonchev–Trinajstić information content (AvgIpc) is 3.30. The molecule has 3 rings (SSSR count). The van der Waals surface area contributed by atoms with Gasteiger partial charge in [0.2, 0.25) is 11.8 Å². The average molecular weight is 471 g/mol. The van der Waals surface area contributed by atoms with Crippen molar-refractivity contribution in [1.82, 2.24) is 9.80 Å². The number of ether oxygens (including phenoxy) is 1. The van der Waals surface area contributed by atoms with Crippen molar-refractivity contribution in [3.8, 4) is 0 Å². The van der Waals surface area contributed by atoms with Crippen LogP contribution in [0.2, 0.25) is 0 Å². The number of hydrogen-bond acceptors (Lipinski definition) is 4. The Balaban J connectivity index is 1.72. The second kappa shape index (κ2) is 12.9. The van der Waals surface area contributed by atoms with Crippen molar-refractivity contribution in [1.29, 1.82) is 0 Å². The summed E-state index contributed by atoms with van der Waals surface area (Å²) in [5.74, 6) is 0.0601. The van der Waals surface area contributed by atoms with E-state index in [4.69, 9.17) is 4.74 Å². The van der Waals surface area contributed by atoms with Gasteiger partial charge in [0.15, 0.2) is 0 Å². The molecule has 0 fully saturated rings. The summed E-state index contributed by atoms with van der Waals surface area (Å²) >= 11 is 1.77. The Hall–Kier alpha value is -2.18. The summed E-state index contributed by atoms with van der Waals surface area (Å²) in [5.41, 5.74) is 3.54. The zero-order valence-corrected chi connectivity index (χ0v) is 21.2. The topological polar surface area (TPSA) is 49.9 Å². The Bertz CT molecular complexity index is 893. The lowest BCUT2D eigenvalue weighted by molar-refractivity contribution is -0.142. The highest BCUT2D eigenvalue weighted by atomic mass is 32.1. The van der Waals surface area contributed by atoms with Gasteiger partial charge in [0, 0.05) is 31.5 Å². The van der Waals surface area contributed by atoms with E-state index in [2.05, 4.69) is 49.6 Å². The molecule has 0 bridgehead atoms. The maximum Gasteiger partial charge on any atom is 0.242 e. The van der Waals surface area contributed by atoms with Crippen LogP contribution in [0.4, 0.5) is 0 Å². The molecule has 6 heteroatoms. The summed E-state index contributed by atoms with van der Waals surface area (Å²) in [6.07, 6.45) is 6.86. The lowest BCUT2D eigenvalue weighted by Gasteiger charge is -2.37. The number of amides is 2. The van der Waals surface area contributed by atoms with E-state index in [1.165, 1.54) is 28.8 Å². The molecule has 2 heterocycles. The van der Waals surface area contributed by atoms with E-state index in [1.54, 1.807) is 23.3 Å². The van der Waals surface area contributed by atoms with Gasteiger partial charge in [-0.3, -0.25) is 9.59 Å². The minimum atomic E-state index is -0.0958. The predicted octanol–water partition coefficient (Wildman–Crippen LogP) is 5.37. The fourth-order valence-electron chi connectivity index (χ4n) is 4.48. The molecule has 0 N–H and O–H groups in total. The number of benzene rings is 1. The molecular weight excluding hydrogens is 432 g/mol. The standard InChI is InChI=1S/C27H38N2O3S/c1-4-5-6-7-8-9-25(30)28(17-18-32-3)20-26(31)29-16-14-24-23(15-19-33-24)27(29)22-12-10-21(2)11-13-22/h10-13,15,19,27H,4-9,14,16-18,20H2,1-3H3. The third-order valence-electron chi connectivity index (χ3n) is 6.42. The number of aryl methyl sites for hydroxylation is 1. The maximum atomic E-state index is 13.6. The molecule has 1 aromatic carbocycles. The molecule has 0 radical (unpaired) electrons. The Morgan fingerprint density at radius 3 is 2.61 bits per heavy atom. The van der Waals surface area contributed by atoms with E-state index in [1.807, 2.05) is 4.90 Å². The van der Waals surface area contributed by atoms with Gasteiger partial charge in [-0.1, -0.05) is 62.4 Å². The van der Waals surface area contributed by atoms with Crippen LogP contribution >= 0.6 is 11.3 Å². The number of methoxy groups -OCH3 is 1. The van der Waals surface area contributed by atoms with Gasteiger partial charge >= 0.3 is 0 Å². The van der Waals surface area contributed by atoms with Crippen molar-refractivity contribution in [3.63, 3.8) is 0 Å². The summed E-state index contributed by atoms with van der Waals surface area (Å²) in [5, 5.41) is 2.12. The van der Waals surface area contributed by atoms with Gasteiger partial charge in [-0.2, -0.15) is 0 Å². The first-order valence-corrected chi connectivity index (χ1v) is 13.1. The number of thiophene rings is 1. The number of rotatable bonds is 12. The first-order valence-electron chi connectivity index (χ1n) is 12.2. The van der Waals surface area contributed by atoms with Crippen LogP contribution in [0.15, 0.2) is 35.7 Å². The van der Waals surface area contributed by atoms with Crippen LogP contribution in [0.1, 0.15) is 73.1 Å². The summed E-state index contributed by atoms with van der Waals surface area (Å²) in [6, 6.07) is 10.5. The molecule has 180 valence electrons. The number of nitrogens with zero attached hydrogens (tertiary/aromatic N) is 2. The third kappa shape index (κ3) is 6.90. The van der Waals surface area contributed by atoms with Crippen LogP contribution in [-0.2, 0) is 20.7 Å². The van der Waals surface area contributed by atoms with E-state index >= 15 is 0 Å². The van der Waals surface area contributed by atoms with E-state index in [0.29, 0.717) is 26.1 Å². The highest BCUT2D eigenvalue weighted by Crippen LogP contribution is 2.38. The summed E-state index contributed by atoms with van der Waals surface area (Å²) < 4.78 is 5.23. The molecule has 1 atom stereocenters. The Kier molecular flexibility index (Phi) is 9.95. The highest BCUT2D eigenvalue weighted by molar-refractivity contribution is 7.10. The minimum absolute atomic E-state index is 0.00728. The van der Waals surface area contributed by atoms with Gasteiger partial charge in [0.05, 0.1) is 19.2 Å². The van der Waals surface area contributed by atoms with Crippen LogP contribution in [0.3, 0.4) is 0 Å². The van der Waals surface area contributed by atoms with E-state index in [0.717, 1.165) is 31.2 Å². The zero-order chi connectivity index (χ0) is 23.6. The minimum Gasteiger partial charge on any atom is -0.383 e. The highest BCUT2D eigenvalue weighted by Gasteiger charge is 2.33. The van der Waals surface area contributed by atoms with Gasteiger partial charge in [-0.25, -0.2) is 0 Å². The van der Waals surface area contributed by atoms with Gasteiger partial charge < -0.3 is 14.5 Å². The molecule has 1 aliphatic rings. The smallest absolute Gasteiger partial charge is 0.242 e. The molecule has 1 aliphatic heterocycles. The van der Waals surface area contributed by atoms with Crippen molar-refractivity contribution in [2.75, 3.05) is 33.4 Å². The fraction of sp³-hybridized carbons (Fsp3) is 0.556. The quantitative estimate of drug-likeness (QED) is 0.392. The second-order valence-corrected chi connectivity index (χ2v) is 9.92. The van der Waals surface area contributed by atoms with Gasteiger partial charge in [0.25, 0.3) is 0 Å². The second-order valence-electron chi connectivity index (χ2n) is 8.92. The van der Waals surface area contributed by atoms with Crippen LogP contribution in [0, 0.1) is 6.92 Å². The molecule has 5 nitrogen and oxygen atoms in total. The van der Waals surface area contributed by atoms with Crippen molar-refractivity contribution in [2.45, 2.75) is 64.8 Å². The number of carbonyl (C=O) groups is 2. The van der Waals surface area contributed by atoms with E-state index in [-0.39, 0.29) is 24.4 Å². The summed E-state index contributed by atoms with van der Waals surface area (Å²) in [4.78, 5) is 31.5. The zero-order valence-electron chi connectivity index (χ0n) is 20.3. The lowest BCUT2D eigenvalue weighted by Crippen LogP contribution is -2.47. The summed E-state index contributed by atoms with van der Waals surface area (Å²) in [7, 11) is 1.63. The molecule has 2 aromatic rings. The lowest BCUT2D eigenvalue weighted by atomic mass is 9.92. The number of hydrogen-bond donors (Lipinski definition) is 0. The number of carbonyl (C=O) groups excluding carboxylic acids is 2. The van der Waals surface area contributed by atoms with Gasteiger partial charge in [0.1, 0.15) is 0 Å². The Morgan fingerprint density at radius 1 is 1.12 bits per heavy atom. The van der Waals surface area contributed by atoms with Crippen LogP contribution in [0.5, 0.6) is 0 Å². The van der Waals surface area contributed by atoms with E-state index < -0.39 is 0 Å². The molecule has 1 unspecified atom stereocenters. The van der Waals surface area contributed by atoms with Crippen LogP contribution in [-0.4, -0.2) is 55.0 Å². The molecule has 2 amide bonds. The molecule has 0 saturated carbocycles. The monoisotopic (exact) mass is 470 g/mol. The third-order valence-corrected chi connectivity index (χ3v) is 7.41. The molecule has 0 spiro atoms. The van der Waals surface area contributed by atoms with Crippen molar-refractivity contribution in [2.24, 2.45) is 0 Å². The van der Waals surface area contributed by atoms with Gasteiger partial charge in [-0.05, 0) is 42.3 Å². The summed E-state index contributed by atoms with van der Waals surface area (Å²) in [6.45, 7) is 5.93. The van der Waals surface area contributed by atoms with E-state index in [9.17, 15) is 9.59 Å². The molecule has 0 saturated heterocycles. The number of unbranched alkanes of at least 4 members (excludes halogenated alkanes) is 4. The van der Waals surface area contributed by atoms with Crippen molar-refractivity contribution >= 4 is 23.2 Å². The van der Waals surface area contributed by atoms with Crippen LogP contribution in [0.25, 0.3) is 0 Å². The van der Waals surface area contributed by atoms with Crippen LogP contribution < -0.4 is 0 Å². The molecule has 1 aromatic heterocycles. The molecular formula is C27H38N2O3S. The first-order chi connectivity index (χ1) is 16.0. The Labute approximate surface area is 202 Å². The normalized spacial score (nSPS) is 15.4. The van der Waals surface area contributed by atoms with Crippen molar-refractivity contribution < 1.29 is 14.3 Å². The predicted molar refractivity (Wildman–Crippen MR) is 135 cm³/mol. The van der Waals surface area contributed by atoms with Crippen molar-refractivity contribution in [3.05, 3.63) is 57.3 Å². The largest absolute Gasteiger partial charge is 0.383 e. The Morgan fingerprint density at radius 2 is 1.88 bits per heavy atom. The molecule has 33 heavy (non-hydrogen) atoms. The maximum absolute atomic E-state index is 13.6. The van der Waals surface area contributed by atoms with Gasteiger partial charge in [-0.15, -0.1) is 11.3 Å². The molecule has 0 aliphatic carbocycles. The number of fused-ring (bicyclic) bond motifs is 1. The SMILES string of the molecule is CCCCCCCC(=O)N(CCOC)CC(=O)N1CCc2sccc2C1c1ccc(C)cc1. The fourth-order valence-corrected chi connectivity index (χ4v) is 5.38.